The molecule has 0 aliphatic carbocycles. The molecule has 5 heteroatoms. The zero-order valence-electron chi connectivity index (χ0n) is 8.91. The number of esters is 1. The third-order valence-corrected chi connectivity index (χ3v) is 2.47. The van der Waals surface area contributed by atoms with Crippen LogP contribution >= 0.6 is 11.8 Å². The van der Waals surface area contributed by atoms with Gasteiger partial charge in [-0.2, -0.15) is 11.8 Å². The molecule has 0 bridgehead atoms. The van der Waals surface area contributed by atoms with E-state index in [-0.39, 0.29) is 5.97 Å². The highest BCUT2D eigenvalue weighted by Gasteiger charge is 2.09. The molecule has 1 aromatic heterocycles. The van der Waals surface area contributed by atoms with E-state index in [1.807, 2.05) is 0 Å². The van der Waals surface area contributed by atoms with Crippen LogP contribution in [0.15, 0.2) is 16.7 Å². The van der Waals surface area contributed by atoms with Gasteiger partial charge in [-0.1, -0.05) is 0 Å². The Bertz CT molecular complexity index is 311. The van der Waals surface area contributed by atoms with Crippen molar-refractivity contribution in [2.45, 2.75) is 6.54 Å². The second-order valence-electron chi connectivity index (χ2n) is 2.96. The zero-order chi connectivity index (χ0) is 11.1. The maximum Gasteiger partial charge on any atom is 0.341 e. The first kappa shape index (κ1) is 12.1. The molecule has 0 spiro atoms. The predicted octanol–water partition coefficient (Wildman–Crippen LogP) is 1.52. The number of ether oxygens (including phenoxy) is 1. The summed E-state index contributed by atoms with van der Waals surface area (Å²) in [6.07, 6.45) is 3.47. The van der Waals surface area contributed by atoms with E-state index < -0.39 is 0 Å². The van der Waals surface area contributed by atoms with E-state index in [2.05, 4.69) is 16.3 Å². The summed E-state index contributed by atoms with van der Waals surface area (Å²) in [6.45, 7) is 1.56. The summed E-state index contributed by atoms with van der Waals surface area (Å²) < 4.78 is 9.77. The van der Waals surface area contributed by atoms with Gasteiger partial charge in [0.2, 0.25) is 0 Å². The summed E-state index contributed by atoms with van der Waals surface area (Å²) in [6, 6.07) is 1.69. The molecule has 0 aliphatic heterocycles. The molecule has 0 aromatic carbocycles. The number of carbonyl (C=O) groups is 1. The van der Waals surface area contributed by atoms with Crippen LogP contribution < -0.4 is 5.32 Å². The van der Waals surface area contributed by atoms with Crippen LogP contribution in [0.4, 0.5) is 0 Å². The van der Waals surface area contributed by atoms with Crippen molar-refractivity contribution >= 4 is 17.7 Å². The van der Waals surface area contributed by atoms with Crippen LogP contribution in [0.3, 0.4) is 0 Å². The van der Waals surface area contributed by atoms with Crippen molar-refractivity contribution in [3.8, 4) is 0 Å². The normalized spacial score (nSPS) is 10.3. The quantitative estimate of drug-likeness (QED) is 0.592. The second kappa shape index (κ2) is 6.53. The van der Waals surface area contributed by atoms with Crippen molar-refractivity contribution in [2.24, 2.45) is 0 Å². The molecule has 1 heterocycles. The molecule has 1 N–H and O–H groups in total. The maximum absolute atomic E-state index is 11.1. The Morgan fingerprint density at radius 2 is 2.47 bits per heavy atom. The summed E-state index contributed by atoms with van der Waals surface area (Å²) in [4.78, 5) is 11.1. The van der Waals surface area contributed by atoms with Crippen LogP contribution in [0.1, 0.15) is 16.1 Å². The van der Waals surface area contributed by atoms with Gasteiger partial charge in [-0.3, -0.25) is 0 Å². The van der Waals surface area contributed by atoms with Gasteiger partial charge < -0.3 is 14.5 Å². The van der Waals surface area contributed by atoms with E-state index >= 15 is 0 Å². The Hall–Kier alpha value is -0.940. The van der Waals surface area contributed by atoms with Crippen LogP contribution in [-0.2, 0) is 11.3 Å². The topological polar surface area (TPSA) is 51.5 Å². The molecule has 0 aliphatic rings. The van der Waals surface area contributed by atoms with Crippen LogP contribution in [0.25, 0.3) is 0 Å². The highest BCUT2D eigenvalue weighted by atomic mass is 32.2. The first-order valence-electron chi connectivity index (χ1n) is 4.63. The molecular formula is C10H15NO3S. The average Bonchev–Trinajstić information content (AvgIpc) is 2.72. The lowest BCUT2D eigenvalue weighted by Gasteiger charge is -1.99. The molecular weight excluding hydrogens is 214 g/mol. The molecule has 84 valence electrons. The van der Waals surface area contributed by atoms with Gasteiger partial charge in [0.1, 0.15) is 12.0 Å². The van der Waals surface area contributed by atoms with Crippen molar-refractivity contribution in [1.29, 1.82) is 0 Å². The van der Waals surface area contributed by atoms with Gasteiger partial charge in [0, 0.05) is 12.3 Å². The lowest BCUT2D eigenvalue weighted by atomic mass is 10.3. The van der Waals surface area contributed by atoms with Crippen LogP contribution in [0, 0.1) is 0 Å². The van der Waals surface area contributed by atoms with Crippen LogP contribution in [0.2, 0.25) is 0 Å². The molecule has 0 amide bonds. The van der Waals surface area contributed by atoms with E-state index in [0.29, 0.717) is 12.1 Å². The SMILES string of the molecule is COC(=O)c1coc(CNCCSC)c1. The molecule has 0 unspecified atom stereocenters. The molecule has 4 nitrogen and oxygen atoms in total. The van der Waals surface area contributed by atoms with Crippen molar-refractivity contribution in [3.63, 3.8) is 0 Å². The third-order valence-electron chi connectivity index (χ3n) is 1.86. The molecule has 0 fully saturated rings. The highest BCUT2D eigenvalue weighted by Crippen LogP contribution is 2.08. The average molecular weight is 229 g/mol. The fourth-order valence-corrected chi connectivity index (χ4v) is 1.43. The molecule has 0 saturated carbocycles. The van der Waals surface area contributed by atoms with Crippen molar-refractivity contribution in [2.75, 3.05) is 25.7 Å². The van der Waals surface area contributed by atoms with E-state index in [1.54, 1.807) is 17.8 Å². The first-order chi connectivity index (χ1) is 7.27. The van der Waals surface area contributed by atoms with E-state index in [9.17, 15) is 4.79 Å². The molecule has 15 heavy (non-hydrogen) atoms. The molecule has 0 atom stereocenters. The fourth-order valence-electron chi connectivity index (χ4n) is 1.08. The van der Waals surface area contributed by atoms with Crippen LogP contribution in [0.5, 0.6) is 0 Å². The van der Waals surface area contributed by atoms with Gasteiger partial charge >= 0.3 is 5.97 Å². The van der Waals surface area contributed by atoms with Crippen molar-refractivity contribution in [3.05, 3.63) is 23.7 Å². The predicted molar refractivity (Wildman–Crippen MR) is 60.1 cm³/mol. The molecule has 0 radical (unpaired) electrons. The summed E-state index contributed by atoms with van der Waals surface area (Å²) in [5, 5.41) is 3.21. The van der Waals surface area contributed by atoms with Crippen molar-refractivity contribution in [1.82, 2.24) is 5.32 Å². The van der Waals surface area contributed by atoms with Gasteiger partial charge in [0.25, 0.3) is 0 Å². The zero-order valence-corrected chi connectivity index (χ0v) is 9.73. The standard InChI is InChI=1S/C10H15NO3S/c1-13-10(12)8-5-9(14-7-8)6-11-3-4-15-2/h5,7,11H,3-4,6H2,1-2H3. The summed E-state index contributed by atoms with van der Waals surface area (Å²) in [5.74, 6) is 1.44. The molecule has 1 aromatic rings. The minimum Gasteiger partial charge on any atom is -0.467 e. The van der Waals surface area contributed by atoms with E-state index in [4.69, 9.17) is 4.42 Å². The van der Waals surface area contributed by atoms with Crippen molar-refractivity contribution < 1.29 is 13.9 Å². The van der Waals surface area contributed by atoms with E-state index in [0.717, 1.165) is 18.1 Å². The molecule has 0 saturated heterocycles. The van der Waals surface area contributed by atoms with Gasteiger partial charge in [0.15, 0.2) is 0 Å². The summed E-state index contributed by atoms with van der Waals surface area (Å²) >= 11 is 1.78. The Morgan fingerprint density at radius 3 is 3.13 bits per heavy atom. The number of rotatable bonds is 6. The smallest absolute Gasteiger partial charge is 0.341 e. The minimum atomic E-state index is -0.367. The Balaban J connectivity index is 2.36. The monoisotopic (exact) mass is 229 g/mol. The van der Waals surface area contributed by atoms with Gasteiger partial charge in [-0.15, -0.1) is 0 Å². The highest BCUT2D eigenvalue weighted by molar-refractivity contribution is 7.98. The van der Waals surface area contributed by atoms with Crippen LogP contribution in [-0.4, -0.2) is 31.6 Å². The lowest BCUT2D eigenvalue weighted by Crippen LogP contribution is -2.15. The van der Waals surface area contributed by atoms with Gasteiger partial charge in [-0.25, -0.2) is 4.79 Å². The number of hydrogen-bond donors (Lipinski definition) is 1. The van der Waals surface area contributed by atoms with Gasteiger partial charge in [0.05, 0.1) is 19.2 Å². The lowest BCUT2D eigenvalue weighted by molar-refractivity contribution is 0.0600. The summed E-state index contributed by atoms with van der Waals surface area (Å²) in [5.41, 5.74) is 0.458. The second-order valence-corrected chi connectivity index (χ2v) is 3.95. The largest absolute Gasteiger partial charge is 0.467 e. The number of carbonyl (C=O) groups excluding carboxylic acids is 1. The third kappa shape index (κ3) is 3.97. The number of methoxy groups -OCH3 is 1. The summed E-state index contributed by atoms with van der Waals surface area (Å²) in [7, 11) is 1.35. The number of nitrogens with one attached hydrogen (secondary N) is 1. The number of thioether (sulfide) groups is 1. The number of furan rings is 1. The van der Waals surface area contributed by atoms with E-state index in [1.165, 1.54) is 13.4 Å². The fraction of sp³-hybridized carbons (Fsp3) is 0.500. The van der Waals surface area contributed by atoms with Gasteiger partial charge in [-0.05, 0) is 12.3 Å². The maximum atomic E-state index is 11.1. The first-order valence-corrected chi connectivity index (χ1v) is 6.02. The Labute approximate surface area is 93.4 Å². The Kier molecular flexibility index (Phi) is 5.28. The Morgan fingerprint density at radius 1 is 1.67 bits per heavy atom. The molecule has 1 rings (SSSR count). The minimum absolute atomic E-state index is 0.367. The number of hydrogen-bond acceptors (Lipinski definition) is 5.